The number of carbonyl (C=O) groups is 1. The van der Waals surface area contributed by atoms with Crippen molar-refractivity contribution < 1.29 is 4.79 Å². The molecule has 0 aromatic heterocycles. The minimum Gasteiger partial charge on any atom is -0.353 e. The van der Waals surface area contributed by atoms with Gasteiger partial charge in [-0.15, -0.1) is 24.0 Å². The van der Waals surface area contributed by atoms with Crippen molar-refractivity contribution in [3.63, 3.8) is 0 Å². The molecule has 1 fully saturated rings. The predicted molar refractivity (Wildman–Crippen MR) is 85.5 cm³/mol. The van der Waals surface area contributed by atoms with Gasteiger partial charge < -0.3 is 15.1 Å². The van der Waals surface area contributed by atoms with Gasteiger partial charge >= 0.3 is 0 Å². The first-order chi connectivity index (χ1) is 8.00. The molecular formula is C12H25IN4O. The van der Waals surface area contributed by atoms with Crippen LogP contribution in [0.15, 0.2) is 4.99 Å². The number of halogens is 1. The van der Waals surface area contributed by atoms with Gasteiger partial charge in [-0.25, -0.2) is 0 Å². The van der Waals surface area contributed by atoms with Gasteiger partial charge in [0.1, 0.15) is 0 Å². The molecule has 1 saturated carbocycles. The van der Waals surface area contributed by atoms with Crippen molar-refractivity contribution in [3.05, 3.63) is 0 Å². The molecule has 0 heterocycles. The van der Waals surface area contributed by atoms with Crippen molar-refractivity contribution in [2.75, 3.05) is 34.7 Å². The molecule has 0 aromatic rings. The Morgan fingerprint density at radius 3 is 2.22 bits per heavy atom. The van der Waals surface area contributed by atoms with Gasteiger partial charge in [0.05, 0.1) is 0 Å². The summed E-state index contributed by atoms with van der Waals surface area (Å²) in [6.45, 7) is 0.698. The molecule has 1 rings (SSSR count). The number of nitrogens with one attached hydrogen (secondary N) is 1. The second-order valence-electron chi connectivity index (χ2n) is 4.92. The summed E-state index contributed by atoms with van der Waals surface area (Å²) in [5, 5.41) is 2.98. The van der Waals surface area contributed by atoms with E-state index < -0.39 is 0 Å². The first-order valence-corrected chi connectivity index (χ1v) is 6.19. The Morgan fingerprint density at radius 2 is 1.78 bits per heavy atom. The maximum Gasteiger partial charge on any atom is 0.220 e. The Hall–Kier alpha value is -0.530. The van der Waals surface area contributed by atoms with E-state index in [1.807, 2.05) is 38.0 Å². The lowest BCUT2D eigenvalue weighted by molar-refractivity contribution is -0.121. The van der Waals surface area contributed by atoms with Crippen LogP contribution in [0.5, 0.6) is 0 Å². The minimum absolute atomic E-state index is 0. The van der Waals surface area contributed by atoms with Crippen LogP contribution in [-0.4, -0.2) is 62.4 Å². The number of guanidine groups is 1. The van der Waals surface area contributed by atoms with Crippen LogP contribution in [0.2, 0.25) is 0 Å². The van der Waals surface area contributed by atoms with Crippen LogP contribution in [0.1, 0.15) is 25.7 Å². The highest BCUT2D eigenvalue weighted by Crippen LogP contribution is 2.18. The lowest BCUT2D eigenvalue weighted by Crippen LogP contribution is -2.35. The van der Waals surface area contributed by atoms with Crippen LogP contribution < -0.4 is 5.32 Å². The van der Waals surface area contributed by atoms with Gasteiger partial charge in [0.25, 0.3) is 0 Å². The molecule has 5 nitrogen and oxygen atoms in total. The van der Waals surface area contributed by atoms with Crippen molar-refractivity contribution in [2.24, 2.45) is 4.99 Å². The molecule has 1 amide bonds. The highest BCUT2D eigenvalue weighted by atomic mass is 127. The number of rotatable bonds is 5. The zero-order chi connectivity index (χ0) is 12.8. The van der Waals surface area contributed by atoms with E-state index in [0.29, 0.717) is 19.0 Å². The van der Waals surface area contributed by atoms with Crippen LogP contribution in [0, 0.1) is 0 Å². The zero-order valence-corrected chi connectivity index (χ0v) is 14.1. The molecule has 1 aliphatic carbocycles. The largest absolute Gasteiger partial charge is 0.353 e. The second-order valence-corrected chi connectivity index (χ2v) is 4.92. The van der Waals surface area contributed by atoms with E-state index in [4.69, 9.17) is 0 Å². The molecule has 0 radical (unpaired) electrons. The van der Waals surface area contributed by atoms with Gasteiger partial charge in [0.15, 0.2) is 5.96 Å². The van der Waals surface area contributed by atoms with E-state index in [9.17, 15) is 4.79 Å². The van der Waals surface area contributed by atoms with E-state index in [1.165, 1.54) is 0 Å². The quantitative estimate of drug-likeness (QED) is 0.343. The SMILES string of the molecule is CN(C)C(=NCCCC(=O)NC1CC1)N(C)C.I. The summed E-state index contributed by atoms with van der Waals surface area (Å²) < 4.78 is 0. The van der Waals surface area contributed by atoms with Crippen LogP contribution in [-0.2, 0) is 4.79 Å². The van der Waals surface area contributed by atoms with Gasteiger partial charge in [-0.3, -0.25) is 9.79 Å². The summed E-state index contributed by atoms with van der Waals surface area (Å²) in [7, 11) is 7.88. The summed E-state index contributed by atoms with van der Waals surface area (Å²) in [5.74, 6) is 1.10. The van der Waals surface area contributed by atoms with Crippen molar-refractivity contribution >= 4 is 35.8 Å². The topological polar surface area (TPSA) is 47.9 Å². The highest BCUT2D eigenvalue weighted by molar-refractivity contribution is 14.0. The number of nitrogens with zero attached hydrogens (tertiary/aromatic N) is 3. The van der Waals surface area contributed by atoms with E-state index in [1.54, 1.807) is 0 Å². The van der Waals surface area contributed by atoms with Gasteiger partial charge in [-0.05, 0) is 19.3 Å². The predicted octanol–water partition coefficient (Wildman–Crippen LogP) is 1.14. The fraction of sp³-hybridized carbons (Fsp3) is 0.833. The first-order valence-electron chi connectivity index (χ1n) is 6.19. The highest BCUT2D eigenvalue weighted by Gasteiger charge is 2.22. The Labute approximate surface area is 127 Å². The number of hydrogen-bond donors (Lipinski definition) is 1. The van der Waals surface area contributed by atoms with Gasteiger partial charge in [0.2, 0.25) is 5.91 Å². The maximum absolute atomic E-state index is 11.4. The summed E-state index contributed by atoms with van der Waals surface area (Å²) in [6.07, 6.45) is 3.68. The summed E-state index contributed by atoms with van der Waals surface area (Å²) >= 11 is 0. The smallest absolute Gasteiger partial charge is 0.220 e. The molecule has 0 atom stereocenters. The van der Waals surface area contributed by atoms with E-state index in [2.05, 4.69) is 10.3 Å². The molecule has 1 aliphatic rings. The van der Waals surface area contributed by atoms with Crippen molar-refractivity contribution in [3.8, 4) is 0 Å². The maximum atomic E-state index is 11.4. The number of aliphatic imine (C=N–C) groups is 1. The molecule has 0 bridgehead atoms. The van der Waals surface area contributed by atoms with Crippen LogP contribution >= 0.6 is 24.0 Å². The molecule has 0 spiro atoms. The molecule has 6 heteroatoms. The Kier molecular flexibility index (Phi) is 8.30. The molecule has 0 saturated heterocycles. The van der Waals surface area contributed by atoms with Gasteiger partial charge in [-0.2, -0.15) is 0 Å². The fourth-order valence-electron chi connectivity index (χ4n) is 1.63. The van der Waals surface area contributed by atoms with Crippen molar-refractivity contribution in [1.29, 1.82) is 0 Å². The molecule has 0 unspecified atom stereocenters. The standard InChI is InChI=1S/C12H24N4O.HI/c1-15(2)12(16(3)4)13-9-5-6-11(17)14-10-7-8-10;/h10H,5-9H2,1-4H3,(H,14,17);1H. The Morgan fingerprint density at radius 1 is 1.22 bits per heavy atom. The number of hydrogen-bond acceptors (Lipinski definition) is 2. The van der Waals surface area contributed by atoms with E-state index in [-0.39, 0.29) is 29.9 Å². The molecule has 106 valence electrons. The third-order valence-corrected chi connectivity index (χ3v) is 2.56. The van der Waals surface area contributed by atoms with E-state index >= 15 is 0 Å². The first kappa shape index (κ1) is 17.5. The monoisotopic (exact) mass is 368 g/mol. The average molecular weight is 368 g/mol. The second kappa shape index (κ2) is 8.55. The fourth-order valence-corrected chi connectivity index (χ4v) is 1.63. The van der Waals surface area contributed by atoms with Crippen LogP contribution in [0.25, 0.3) is 0 Å². The molecule has 0 aromatic carbocycles. The van der Waals surface area contributed by atoms with Gasteiger partial charge in [0, 0.05) is 47.2 Å². The van der Waals surface area contributed by atoms with Crippen molar-refractivity contribution in [2.45, 2.75) is 31.7 Å². The third-order valence-electron chi connectivity index (χ3n) is 2.56. The lowest BCUT2D eigenvalue weighted by atomic mass is 10.3. The molecule has 0 aliphatic heterocycles. The lowest BCUT2D eigenvalue weighted by Gasteiger charge is -2.22. The van der Waals surface area contributed by atoms with Gasteiger partial charge in [-0.1, -0.05) is 0 Å². The van der Waals surface area contributed by atoms with Crippen molar-refractivity contribution in [1.82, 2.24) is 15.1 Å². The molecular weight excluding hydrogens is 343 g/mol. The summed E-state index contributed by atoms with van der Waals surface area (Å²) in [5.41, 5.74) is 0. The molecule has 18 heavy (non-hydrogen) atoms. The number of carbonyl (C=O) groups excluding carboxylic acids is 1. The summed E-state index contributed by atoms with van der Waals surface area (Å²) in [6, 6.07) is 0.463. The third kappa shape index (κ3) is 7.03. The zero-order valence-electron chi connectivity index (χ0n) is 11.8. The minimum atomic E-state index is 0. The van der Waals surface area contributed by atoms with E-state index in [0.717, 1.165) is 25.2 Å². The van der Waals surface area contributed by atoms with Crippen LogP contribution in [0.4, 0.5) is 0 Å². The summed E-state index contributed by atoms with van der Waals surface area (Å²) in [4.78, 5) is 19.9. The Balaban J connectivity index is 0.00000289. The number of amides is 1. The average Bonchev–Trinajstić information content (AvgIpc) is 3.00. The Bertz CT molecular complexity index is 278. The van der Waals surface area contributed by atoms with Crippen LogP contribution in [0.3, 0.4) is 0 Å². The normalized spacial score (nSPS) is 13.3. The molecule has 1 N–H and O–H groups in total.